The standard InChI is InChI=1S/C24H22FN5O4/c1-15(31)27-8-10-28(11-9-27)23(32)19-14-29(13-16-2-4-17(25)5-3-16)20-12-26-22-18(21(19)20)6-7-30(34)24(22)33/h2-7,12,14,34H,8-11,13H2,1H3. The van der Waals surface area contributed by atoms with E-state index in [9.17, 15) is 24.0 Å². The van der Waals surface area contributed by atoms with Crippen LogP contribution in [0.2, 0.25) is 0 Å². The third-order valence-corrected chi connectivity index (χ3v) is 6.26. The minimum Gasteiger partial charge on any atom is -0.425 e. The van der Waals surface area contributed by atoms with Crippen LogP contribution in [0.4, 0.5) is 4.39 Å². The molecule has 0 bridgehead atoms. The van der Waals surface area contributed by atoms with Crippen LogP contribution in [0.5, 0.6) is 0 Å². The Morgan fingerprint density at radius 2 is 1.74 bits per heavy atom. The van der Waals surface area contributed by atoms with Gasteiger partial charge >= 0.3 is 5.56 Å². The number of rotatable bonds is 3. The topological polar surface area (TPSA) is 101 Å². The molecular weight excluding hydrogens is 441 g/mol. The van der Waals surface area contributed by atoms with Gasteiger partial charge in [0, 0.05) is 62.8 Å². The van der Waals surface area contributed by atoms with Crippen LogP contribution in [0.15, 0.2) is 53.7 Å². The predicted octanol–water partition coefficient (Wildman–Crippen LogP) is 2.08. The van der Waals surface area contributed by atoms with Crippen molar-refractivity contribution in [2.24, 2.45) is 0 Å². The van der Waals surface area contributed by atoms with Crippen molar-refractivity contribution in [1.82, 2.24) is 24.1 Å². The van der Waals surface area contributed by atoms with E-state index in [0.29, 0.717) is 59.3 Å². The second kappa shape index (κ2) is 8.29. The Balaban J connectivity index is 1.63. The van der Waals surface area contributed by atoms with Gasteiger partial charge in [-0.25, -0.2) is 9.37 Å². The normalized spacial score (nSPS) is 14.2. The van der Waals surface area contributed by atoms with Gasteiger partial charge in [0.15, 0.2) is 0 Å². The van der Waals surface area contributed by atoms with E-state index < -0.39 is 5.56 Å². The molecule has 0 unspecified atom stereocenters. The molecule has 4 heterocycles. The zero-order valence-corrected chi connectivity index (χ0v) is 18.4. The maximum atomic E-state index is 13.6. The molecule has 10 heteroatoms. The highest BCUT2D eigenvalue weighted by molar-refractivity contribution is 6.16. The van der Waals surface area contributed by atoms with Crippen LogP contribution < -0.4 is 5.56 Å². The number of carbonyl (C=O) groups excluding carboxylic acids is 2. The Bertz CT molecular complexity index is 1480. The average molecular weight is 463 g/mol. The summed E-state index contributed by atoms with van der Waals surface area (Å²) >= 11 is 0. The Morgan fingerprint density at radius 1 is 1.06 bits per heavy atom. The lowest BCUT2D eigenvalue weighted by molar-refractivity contribution is -0.130. The number of fused-ring (bicyclic) bond motifs is 3. The quantitative estimate of drug-likeness (QED) is 0.469. The van der Waals surface area contributed by atoms with Gasteiger partial charge < -0.3 is 19.6 Å². The van der Waals surface area contributed by atoms with Crippen molar-refractivity contribution < 1.29 is 19.2 Å². The van der Waals surface area contributed by atoms with Crippen LogP contribution in [0.25, 0.3) is 21.8 Å². The third kappa shape index (κ3) is 3.66. The van der Waals surface area contributed by atoms with E-state index >= 15 is 0 Å². The number of amides is 2. The van der Waals surface area contributed by atoms with Crippen LogP contribution in [-0.2, 0) is 11.3 Å². The molecule has 0 aliphatic carbocycles. The number of benzene rings is 1. The molecule has 34 heavy (non-hydrogen) atoms. The second-order valence-electron chi connectivity index (χ2n) is 8.34. The first-order chi connectivity index (χ1) is 16.3. The fourth-order valence-electron chi connectivity index (χ4n) is 4.44. The van der Waals surface area contributed by atoms with Gasteiger partial charge in [0.05, 0.1) is 17.3 Å². The summed E-state index contributed by atoms with van der Waals surface area (Å²) in [4.78, 5) is 45.4. The Labute approximate surface area is 193 Å². The number of piperazine rings is 1. The molecule has 0 radical (unpaired) electrons. The van der Waals surface area contributed by atoms with E-state index in [1.54, 1.807) is 34.2 Å². The number of halogens is 1. The summed E-state index contributed by atoms with van der Waals surface area (Å²) in [5.74, 6) is -0.582. The molecule has 1 aliphatic heterocycles. The summed E-state index contributed by atoms with van der Waals surface area (Å²) in [5.41, 5.74) is 1.23. The second-order valence-corrected chi connectivity index (χ2v) is 8.34. The van der Waals surface area contributed by atoms with Gasteiger partial charge in [-0.1, -0.05) is 12.1 Å². The molecule has 0 atom stereocenters. The largest absolute Gasteiger partial charge is 0.425 e. The molecule has 1 N–H and O–H groups in total. The molecule has 1 fully saturated rings. The lowest BCUT2D eigenvalue weighted by Crippen LogP contribution is -2.50. The van der Waals surface area contributed by atoms with E-state index in [4.69, 9.17) is 0 Å². The van der Waals surface area contributed by atoms with Crippen molar-refractivity contribution >= 4 is 33.6 Å². The van der Waals surface area contributed by atoms with Gasteiger partial charge in [-0.05, 0) is 23.8 Å². The van der Waals surface area contributed by atoms with E-state index in [0.717, 1.165) is 5.56 Å². The number of hydrogen-bond acceptors (Lipinski definition) is 5. The summed E-state index contributed by atoms with van der Waals surface area (Å²) in [7, 11) is 0. The molecule has 1 saturated heterocycles. The highest BCUT2D eigenvalue weighted by Crippen LogP contribution is 2.29. The van der Waals surface area contributed by atoms with Crippen molar-refractivity contribution in [3.05, 3.63) is 76.2 Å². The van der Waals surface area contributed by atoms with Crippen molar-refractivity contribution in [3.63, 3.8) is 0 Å². The molecule has 0 saturated carbocycles. The zero-order valence-electron chi connectivity index (χ0n) is 18.4. The Kier molecular flexibility index (Phi) is 5.27. The molecule has 5 rings (SSSR count). The molecule has 3 aromatic heterocycles. The first-order valence-electron chi connectivity index (χ1n) is 10.8. The van der Waals surface area contributed by atoms with Crippen molar-refractivity contribution in [3.8, 4) is 0 Å². The van der Waals surface area contributed by atoms with Crippen LogP contribution in [0, 0.1) is 5.82 Å². The maximum Gasteiger partial charge on any atom is 0.309 e. The van der Waals surface area contributed by atoms with E-state index in [1.165, 1.54) is 31.5 Å². The van der Waals surface area contributed by atoms with Gasteiger partial charge in [0.1, 0.15) is 11.3 Å². The van der Waals surface area contributed by atoms with Gasteiger partial charge in [-0.2, -0.15) is 4.73 Å². The number of nitrogens with zero attached hydrogens (tertiary/aromatic N) is 5. The maximum absolute atomic E-state index is 13.6. The first-order valence-corrected chi connectivity index (χ1v) is 10.8. The highest BCUT2D eigenvalue weighted by atomic mass is 19.1. The molecule has 4 aromatic rings. The van der Waals surface area contributed by atoms with E-state index in [-0.39, 0.29) is 23.1 Å². The monoisotopic (exact) mass is 463 g/mol. The molecule has 9 nitrogen and oxygen atoms in total. The van der Waals surface area contributed by atoms with Crippen LogP contribution in [0.1, 0.15) is 22.8 Å². The molecule has 174 valence electrons. The molecule has 1 aromatic carbocycles. The molecule has 1 aliphatic rings. The average Bonchev–Trinajstić information content (AvgIpc) is 3.21. The highest BCUT2D eigenvalue weighted by Gasteiger charge is 2.27. The third-order valence-electron chi connectivity index (χ3n) is 6.26. The van der Waals surface area contributed by atoms with Crippen LogP contribution >= 0.6 is 0 Å². The molecule has 2 amide bonds. The summed E-state index contributed by atoms with van der Waals surface area (Å²) in [6.45, 7) is 3.57. The zero-order chi connectivity index (χ0) is 24.0. The fourth-order valence-corrected chi connectivity index (χ4v) is 4.44. The minimum absolute atomic E-state index is 0.0275. The van der Waals surface area contributed by atoms with E-state index in [1.807, 2.05) is 4.57 Å². The number of pyridine rings is 2. The van der Waals surface area contributed by atoms with Gasteiger partial charge in [0.2, 0.25) is 5.91 Å². The minimum atomic E-state index is -0.681. The van der Waals surface area contributed by atoms with Gasteiger partial charge in [-0.3, -0.25) is 14.4 Å². The predicted molar refractivity (Wildman–Crippen MR) is 122 cm³/mol. The Hall–Kier alpha value is -4.21. The molecule has 0 spiro atoms. The summed E-state index contributed by atoms with van der Waals surface area (Å²) in [6.07, 6.45) is 4.45. The number of hydrogen-bond donors (Lipinski definition) is 1. The van der Waals surface area contributed by atoms with Crippen molar-refractivity contribution in [2.45, 2.75) is 13.5 Å². The lowest BCUT2D eigenvalue weighted by Gasteiger charge is -2.34. The summed E-state index contributed by atoms with van der Waals surface area (Å²) in [5, 5.41) is 10.8. The van der Waals surface area contributed by atoms with Gasteiger partial charge in [-0.15, -0.1) is 0 Å². The van der Waals surface area contributed by atoms with Crippen LogP contribution in [-0.4, -0.2) is 67.3 Å². The smallest absolute Gasteiger partial charge is 0.309 e. The van der Waals surface area contributed by atoms with Crippen LogP contribution in [0.3, 0.4) is 0 Å². The molecular formula is C24H22FN5O4. The Morgan fingerprint density at radius 3 is 2.41 bits per heavy atom. The van der Waals surface area contributed by atoms with Crippen molar-refractivity contribution in [2.75, 3.05) is 26.2 Å². The fraction of sp³-hybridized carbons (Fsp3) is 0.250. The van der Waals surface area contributed by atoms with Gasteiger partial charge in [0.25, 0.3) is 5.91 Å². The number of carbonyl (C=O) groups is 2. The van der Waals surface area contributed by atoms with E-state index in [2.05, 4.69) is 4.98 Å². The summed E-state index contributed by atoms with van der Waals surface area (Å²) in [6, 6.07) is 7.64. The number of aromatic nitrogens is 3. The first kappa shape index (κ1) is 21.6. The summed E-state index contributed by atoms with van der Waals surface area (Å²) < 4.78 is 15.7. The van der Waals surface area contributed by atoms with Crippen molar-refractivity contribution in [1.29, 1.82) is 0 Å². The SMILES string of the molecule is CC(=O)N1CCN(C(=O)c2cn(Cc3ccc(F)cc3)c3cnc4c(=O)n(O)ccc4c23)CC1. The lowest BCUT2D eigenvalue weighted by atomic mass is 10.1.